The first kappa shape index (κ1) is 14.5. The van der Waals surface area contributed by atoms with Crippen molar-refractivity contribution < 1.29 is 13.2 Å². The number of rotatable bonds is 2. The van der Waals surface area contributed by atoms with Crippen LogP contribution in [0, 0.1) is 12.3 Å². The number of benzene rings is 1. The highest BCUT2D eigenvalue weighted by Crippen LogP contribution is 2.21. The summed E-state index contributed by atoms with van der Waals surface area (Å²) in [6, 6.07) is 4.44. The molecule has 0 aliphatic carbocycles. The topological polar surface area (TPSA) is 94.5 Å². The van der Waals surface area contributed by atoms with Crippen molar-refractivity contribution in [3.05, 3.63) is 23.0 Å². The van der Waals surface area contributed by atoms with Crippen LogP contribution in [0.25, 0.3) is 10.2 Å². The van der Waals surface area contributed by atoms with Gasteiger partial charge in [-0.3, -0.25) is 4.79 Å². The predicted octanol–water partition coefficient (Wildman–Crippen LogP) is 0.431. The fraction of sp³-hybridized carbons (Fsp3) is 0.167. The number of amides is 1. The number of thiazole rings is 1. The second kappa shape index (κ2) is 5.20. The molecule has 20 heavy (non-hydrogen) atoms. The molecule has 8 heteroatoms. The van der Waals surface area contributed by atoms with Crippen LogP contribution in [0.1, 0.15) is 6.92 Å². The summed E-state index contributed by atoms with van der Waals surface area (Å²) in [6.07, 6.45) is 5.30. The predicted molar refractivity (Wildman–Crippen MR) is 76.3 cm³/mol. The Morgan fingerprint density at radius 2 is 2.25 bits per heavy atom. The molecule has 0 aliphatic heterocycles. The van der Waals surface area contributed by atoms with E-state index in [1.807, 2.05) is 0 Å². The molecule has 0 radical (unpaired) electrons. The summed E-state index contributed by atoms with van der Waals surface area (Å²) in [7, 11) is -3.77. The molecule has 2 aromatic rings. The summed E-state index contributed by atoms with van der Waals surface area (Å²) in [5.74, 6) is 2.12. The second-order valence-corrected chi connectivity index (χ2v) is 6.55. The lowest BCUT2D eigenvalue weighted by Gasteiger charge is -2.01. The zero-order valence-corrected chi connectivity index (χ0v) is 12.2. The molecule has 1 amide bonds. The van der Waals surface area contributed by atoms with Gasteiger partial charge < -0.3 is 4.57 Å². The Morgan fingerprint density at radius 3 is 2.80 bits per heavy atom. The Bertz CT molecular complexity index is 898. The molecule has 2 rings (SSSR count). The Hall–Kier alpha value is -1.95. The number of aromatic nitrogens is 1. The Balaban J connectivity index is 2.81. The van der Waals surface area contributed by atoms with Crippen LogP contribution in [0.2, 0.25) is 0 Å². The highest BCUT2D eigenvalue weighted by atomic mass is 32.2. The van der Waals surface area contributed by atoms with Crippen molar-refractivity contribution in [3.63, 3.8) is 0 Å². The fourth-order valence-corrected chi connectivity index (χ4v) is 3.42. The number of hydrogen-bond donors (Lipinski definition) is 1. The van der Waals surface area contributed by atoms with Crippen LogP contribution in [0.5, 0.6) is 0 Å². The fourth-order valence-electron chi connectivity index (χ4n) is 1.69. The highest BCUT2D eigenvalue weighted by molar-refractivity contribution is 7.89. The van der Waals surface area contributed by atoms with Gasteiger partial charge in [0, 0.05) is 6.92 Å². The van der Waals surface area contributed by atoms with Crippen molar-refractivity contribution in [2.45, 2.75) is 18.4 Å². The molecule has 0 bridgehead atoms. The molecule has 0 fully saturated rings. The van der Waals surface area contributed by atoms with Crippen LogP contribution in [0.4, 0.5) is 0 Å². The van der Waals surface area contributed by atoms with E-state index < -0.39 is 10.0 Å². The van der Waals surface area contributed by atoms with E-state index in [1.54, 1.807) is 10.6 Å². The number of sulfonamides is 1. The van der Waals surface area contributed by atoms with Crippen LogP contribution < -0.4 is 9.94 Å². The average molecular weight is 309 g/mol. The van der Waals surface area contributed by atoms with Crippen molar-refractivity contribution in [1.29, 1.82) is 0 Å². The minimum atomic E-state index is -3.77. The molecule has 0 saturated carbocycles. The lowest BCUT2D eigenvalue weighted by atomic mass is 10.3. The van der Waals surface area contributed by atoms with Gasteiger partial charge in [0.05, 0.1) is 21.7 Å². The van der Waals surface area contributed by atoms with E-state index >= 15 is 0 Å². The van der Waals surface area contributed by atoms with E-state index in [0.29, 0.717) is 15.0 Å². The van der Waals surface area contributed by atoms with Crippen molar-refractivity contribution in [1.82, 2.24) is 4.57 Å². The number of nitrogens with two attached hydrogens (primary N) is 1. The van der Waals surface area contributed by atoms with E-state index in [-0.39, 0.29) is 17.3 Å². The number of carbonyl (C=O) groups excluding carboxylic acids is 1. The van der Waals surface area contributed by atoms with Crippen LogP contribution in [0.3, 0.4) is 0 Å². The standard InChI is InChI=1S/C12H11N3O3S2/c1-3-6-15-10-5-4-9(20(13,17)18)7-11(10)19-12(15)14-8(2)16/h1,4-5,7H,6H2,2H3,(H2,13,17,18). The van der Waals surface area contributed by atoms with E-state index in [2.05, 4.69) is 10.9 Å². The Morgan fingerprint density at radius 1 is 1.55 bits per heavy atom. The van der Waals surface area contributed by atoms with Crippen molar-refractivity contribution in [2.24, 2.45) is 10.1 Å². The largest absolute Gasteiger partial charge is 0.305 e. The first-order chi connectivity index (χ1) is 9.32. The van der Waals surface area contributed by atoms with Gasteiger partial charge in [-0.1, -0.05) is 17.3 Å². The molecule has 1 aromatic carbocycles. The normalized spacial score (nSPS) is 12.6. The molecular weight excluding hydrogens is 298 g/mol. The maximum Gasteiger partial charge on any atom is 0.245 e. The van der Waals surface area contributed by atoms with Gasteiger partial charge in [-0.15, -0.1) is 6.42 Å². The molecule has 104 valence electrons. The summed E-state index contributed by atoms with van der Waals surface area (Å²) in [5, 5.41) is 5.09. The summed E-state index contributed by atoms with van der Waals surface area (Å²) >= 11 is 1.18. The zero-order valence-electron chi connectivity index (χ0n) is 10.5. The average Bonchev–Trinajstić information content (AvgIpc) is 2.65. The van der Waals surface area contributed by atoms with E-state index in [1.165, 1.54) is 30.4 Å². The Kier molecular flexibility index (Phi) is 3.76. The van der Waals surface area contributed by atoms with Gasteiger partial charge in [0.1, 0.15) is 0 Å². The maximum atomic E-state index is 11.3. The molecule has 2 N–H and O–H groups in total. The van der Waals surface area contributed by atoms with E-state index in [0.717, 1.165) is 0 Å². The van der Waals surface area contributed by atoms with Gasteiger partial charge in [-0.2, -0.15) is 4.99 Å². The van der Waals surface area contributed by atoms with Crippen LogP contribution >= 0.6 is 11.3 Å². The molecule has 0 atom stereocenters. The van der Waals surface area contributed by atoms with Crippen LogP contribution in [0.15, 0.2) is 28.1 Å². The first-order valence-electron chi connectivity index (χ1n) is 5.48. The summed E-state index contributed by atoms with van der Waals surface area (Å²) in [4.78, 5) is 15.4. The van der Waals surface area contributed by atoms with Crippen molar-refractivity contribution in [3.8, 4) is 12.3 Å². The smallest absolute Gasteiger partial charge is 0.245 e. The molecule has 1 aromatic heterocycles. The Labute approximate surface area is 119 Å². The van der Waals surface area contributed by atoms with Gasteiger partial charge in [0.2, 0.25) is 15.9 Å². The summed E-state index contributed by atoms with van der Waals surface area (Å²) < 4.78 is 25.0. The van der Waals surface area contributed by atoms with Gasteiger partial charge in [-0.05, 0) is 18.2 Å². The van der Waals surface area contributed by atoms with Crippen LogP contribution in [-0.2, 0) is 21.4 Å². The molecule has 0 spiro atoms. The van der Waals surface area contributed by atoms with E-state index in [9.17, 15) is 13.2 Å². The SMILES string of the molecule is C#CCn1c(=NC(C)=O)sc2cc(S(N)(=O)=O)ccc21. The lowest BCUT2D eigenvalue weighted by molar-refractivity contribution is -0.116. The van der Waals surface area contributed by atoms with Crippen molar-refractivity contribution >= 4 is 37.5 Å². The third kappa shape index (κ3) is 2.80. The molecular formula is C12H11N3O3S2. The number of carbonyl (C=O) groups is 1. The number of nitrogens with zero attached hydrogens (tertiary/aromatic N) is 2. The van der Waals surface area contributed by atoms with Crippen LogP contribution in [-0.4, -0.2) is 18.9 Å². The maximum absolute atomic E-state index is 11.3. The molecule has 0 aliphatic rings. The lowest BCUT2D eigenvalue weighted by Crippen LogP contribution is -2.15. The van der Waals surface area contributed by atoms with Gasteiger partial charge in [0.15, 0.2) is 4.80 Å². The van der Waals surface area contributed by atoms with E-state index in [4.69, 9.17) is 11.6 Å². The number of primary sulfonamides is 1. The minimum absolute atomic E-state index is 0.00785. The monoisotopic (exact) mass is 309 g/mol. The third-order valence-electron chi connectivity index (χ3n) is 2.49. The molecule has 6 nitrogen and oxygen atoms in total. The molecule has 0 saturated heterocycles. The molecule has 1 heterocycles. The zero-order chi connectivity index (χ0) is 14.9. The quantitative estimate of drug-likeness (QED) is 0.815. The van der Waals surface area contributed by atoms with Gasteiger partial charge in [-0.25, -0.2) is 13.6 Å². The summed E-state index contributed by atoms with van der Waals surface area (Å²) in [6.45, 7) is 1.57. The van der Waals surface area contributed by atoms with Crippen molar-refractivity contribution in [2.75, 3.05) is 0 Å². The first-order valence-corrected chi connectivity index (χ1v) is 7.84. The summed E-state index contributed by atoms with van der Waals surface area (Å²) in [5.41, 5.74) is 0.709. The highest BCUT2D eigenvalue weighted by Gasteiger charge is 2.12. The van der Waals surface area contributed by atoms with Gasteiger partial charge >= 0.3 is 0 Å². The molecule has 0 unspecified atom stereocenters. The van der Waals surface area contributed by atoms with Gasteiger partial charge in [0.25, 0.3) is 0 Å². The number of fused-ring (bicyclic) bond motifs is 1. The number of terminal acetylenes is 1. The number of hydrogen-bond acceptors (Lipinski definition) is 4. The second-order valence-electron chi connectivity index (χ2n) is 3.98. The minimum Gasteiger partial charge on any atom is -0.305 e. The third-order valence-corrected chi connectivity index (χ3v) is 4.44.